The van der Waals surface area contributed by atoms with Gasteiger partial charge < -0.3 is 15.4 Å². The zero-order valence-electron chi connectivity index (χ0n) is 16.2. The molecule has 2 N–H and O–H groups in total. The maximum Gasteiger partial charge on any atom is 0.434 e. The van der Waals surface area contributed by atoms with E-state index in [1.165, 1.54) is 5.56 Å². The van der Waals surface area contributed by atoms with E-state index in [0.717, 1.165) is 36.0 Å². The van der Waals surface area contributed by atoms with Crippen LogP contribution in [0.25, 0.3) is 0 Å². The van der Waals surface area contributed by atoms with Gasteiger partial charge in [-0.05, 0) is 24.8 Å². The van der Waals surface area contributed by atoms with Gasteiger partial charge in [-0.1, -0.05) is 30.3 Å². The fourth-order valence-corrected chi connectivity index (χ4v) is 3.12. The summed E-state index contributed by atoms with van der Waals surface area (Å²) in [5.74, 6) is 0.536. The van der Waals surface area contributed by atoms with Crippen molar-refractivity contribution in [1.82, 2.24) is 15.6 Å². The standard InChI is InChI=1S/C19H25F3N4OS.HI/c1-23-18(25-13-17-26-16(14-28-17)19(20,21)22)24-10-5-6-11-27-12-9-15-7-3-2-4-8-15;/h2-4,7-8,14H,5-6,9-13H2,1H3,(H2,23,24,25);1H. The normalized spacial score (nSPS) is 11.8. The lowest BCUT2D eigenvalue weighted by Gasteiger charge is -2.11. The predicted octanol–water partition coefficient (Wildman–Crippen LogP) is 4.48. The Bertz CT molecular complexity index is 726. The topological polar surface area (TPSA) is 58.5 Å². The molecule has 0 atom stereocenters. The zero-order chi connectivity index (χ0) is 20.2. The smallest absolute Gasteiger partial charge is 0.381 e. The van der Waals surface area contributed by atoms with Crippen molar-refractivity contribution in [2.75, 3.05) is 26.8 Å². The van der Waals surface area contributed by atoms with E-state index in [1.807, 2.05) is 18.2 Å². The Balaban J connectivity index is 0.00000420. The molecule has 0 aliphatic rings. The van der Waals surface area contributed by atoms with Crippen LogP contribution in [0, 0.1) is 0 Å². The van der Waals surface area contributed by atoms with Crippen LogP contribution in [0.1, 0.15) is 29.1 Å². The first-order chi connectivity index (χ1) is 13.5. The molecule has 1 aromatic heterocycles. The number of thiazole rings is 1. The minimum Gasteiger partial charge on any atom is -0.381 e. The highest BCUT2D eigenvalue weighted by molar-refractivity contribution is 14.0. The van der Waals surface area contributed by atoms with Crippen molar-refractivity contribution in [2.45, 2.75) is 32.0 Å². The van der Waals surface area contributed by atoms with Gasteiger partial charge >= 0.3 is 6.18 Å². The maximum atomic E-state index is 12.5. The summed E-state index contributed by atoms with van der Waals surface area (Å²) in [6.07, 6.45) is -1.68. The number of rotatable bonds is 10. The number of nitrogens with one attached hydrogen (secondary N) is 2. The molecule has 0 saturated heterocycles. The minimum atomic E-state index is -4.40. The van der Waals surface area contributed by atoms with E-state index < -0.39 is 11.9 Å². The lowest BCUT2D eigenvalue weighted by atomic mass is 10.2. The summed E-state index contributed by atoms with van der Waals surface area (Å²) in [6, 6.07) is 10.2. The average Bonchev–Trinajstić information content (AvgIpc) is 3.16. The molecule has 162 valence electrons. The summed E-state index contributed by atoms with van der Waals surface area (Å²) in [5, 5.41) is 7.48. The molecular weight excluding hydrogens is 516 g/mol. The third-order valence-corrected chi connectivity index (χ3v) is 4.71. The number of aliphatic imine (C=N–C) groups is 1. The Morgan fingerprint density at radius 2 is 1.90 bits per heavy atom. The van der Waals surface area contributed by atoms with Crippen LogP contribution < -0.4 is 10.6 Å². The van der Waals surface area contributed by atoms with Crippen molar-refractivity contribution in [3.8, 4) is 0 Å². The largest absolute Gasteiger partial charge is 0.434 e. The van der Waals surface area contributed by atoms with E-state index in [4.69, 9.17) is 4.74 Å². The quantitative estimate of drug-likeness (QED) is 0.201. The first kappa shape index (κ1) is 25.6. The van der Waals surface area contributed by atoms with Crippen molar-refractivity contribution >= 4 is 41.3 Å². The highest BCUT2D eigenvalue weighted by atomic mass is 127. The molecule has 0 fully saturated rings. The van der Waals surface area contributed by atoms with Crippen LogP contribution in [0.3, 0.4) is 0 Å². The lowest BCUT2D eigenvalue weighted by Crippen LogP contribution is -2.37. The molecule has 1 heterocycles. The van der Waals surface area contributed by atoms with Gasteiger partial charge in [0.2, 0.25) is 0 Å². The fourth-order valence-electron chi connectivity index (χ4n) is 2.37. The number of alkyl halides is 3. The fraction of sp³-hybridized carbons (Fsp3) is 0.474. The molecule has 0 aliphatic carbocycles. The van der Waals surface area contributed by atoms with Gasteiger partial charge in [0, 0.05) is 25.6 Å². The molecular formula is C19H26F3IN4OS. The van der Waals surface area contributed by atoms with Crippen LogP contribution in [0.2, 0.25) is 0 Å². The van der Waals surface area contributed by atoms with Crippen LogP contribution in [0.5, 0.6) is 0 Å². The number of ether oxygens (including phenoxy) is 1. The summed E-state index contributed by atoms with van der Waals surface area (Å²) in [4.78, 5) is 7.64. The molecule has 29 heavy (non-hydrogen) atoms. The molecule has 0 amide bonds. The lowest BCUT2D eigenvalue weighted by molar-refractivity contribution is -0.140. The summed E-state index contributed by atoms with van der Waals surface area (Å²) >= 11 is 0.974. The van der Waals surface area contributed by atoms with E-state index in [2.05, 4.69) is 32.7 Å². The number of unbranched alkanes of at least 4 members (excludes halogenated alkanes) is 1. The first-order valence-corrected chi connectivity index (χ1v) is 9.95. The van der Waals surface area contributed by atoms with Gasteiger partial charge in [0.15, 0.2) is 11.7 Å². The Labute approximate surface area is 190 Å². The van der Waals surface area contributed by atoms with Gasteiger partial charge in [-0.25, -0.2) is 4.98 Å². The summed E-state index contributed by atoms with van der Waals surface area (Å²) in [6.45, 7) is 2.30. The van der Waals surface area contributed by atoms with Gasteiger partial charge in [-0.3, -0.25) is 4.99 Å². The van der Waals surface area contributed by atoms with E-state index in [1.54, 1.807) is 7.05 Å². The number of hydrogen-bond donors (Lipinski definition) is 2. The molecule has 0 saturated carbocycles. The molecule has 1 aromatic carbocycles. The monoisotopic (exact) mass is 542 g/mol. The molecule has 0 bridgehead atoms. The third kappa shape index (κ3) is 10.3. The number of guanidine groups is 1. The molecule has 10 heteroatoms. The van der Waals surface area contributed by atoms with Crippen LogP contribution in [0.4, 0.5) is 13.2 Å². The highest BCUT2D eigenvalue weighted by Gasteiger charge is 2.33. The number of aromatic nitrogens is 1. The third-order valence-electron chi connectivity index (χ3n) is 3.86. The van der Waals surface area contributed by atoms with Crippen LogP contribution in [0.15, 0.2) is 40.7 Å². The molecule has 0 unspecified atom stereocenters. The zero-order valence-corrected chi connectivity index (χ0v) is 19.3. The van der Waals surface area contributed by atoms with Gasteiger partial charge in [-0.15, -0.1) is 35.3 Å². The van der Waals surface area contributed by atoms with Crippen molar-refractivity contribution in [3.63, 3.8) is 0 Å². The highest BCUT2D eigenvalue weighted by Crippen LogP contribution is 2.29. The first-order valence-electron chi connectivity index (χ1n) is 9.07. The van der Waals surface area contributed by atoms with Crippen molar-refractivity contribution < 1.29 is 17.9 Å². The van der Waals surface area contributed by atoms with Crippen molar-refractivity contribution in [1.29, 1.82) is 0 Å². The summed E-state index contributed by atoms with van der Waals surface area (Å²) in [5.41, 5.74) is 0.408. The molecule has 2 rings (SSSR count). The molecule has 0 aliphatic heterocycles. The van der Waals surface area contributed by atoms with Crippen molar-refractivity contribution in [3.05, 3.63) is 52.0 Å². The Hall–Kier alpha value is -1.40. The summed E-state index contributed by atoms with van der Waals surface area (Å²) in [7, 11) is 1.62. The van der Waals surface area contributed by atoms with E-state index in [0.29, 0.717) is 30.7 Å². The Kier molecular flexibility index (Phi) is 12.2. The van der Waals surface area contributed by atoms with Crippen LogP contribution in [-0.4, -0.2) is 37.7 Å². The molecule has 5 nitrogen and oxygen atoms in total. The van der Waals surface area contributed by atoms with E-state index >= 15 is 0 Å². The van der Waals surface area contributed by atoms with Gasteiger partial charge in [0.25, 0.3) is 0 Å². The minimum absolute atomic E-state index is 0. The number of hydrogen-bond acceptors (Lipinski definition) is 4. The van der Waals surface area contributed by atoms with E-state index in [-0.39, 0.29) is 30.5 Å². The predicted molar refractivity (Wildman–Crippen MR) is 121 cm³/mol. The van der Waals surface area contributed by atoms with Crippen molar-refractivity contribution in [2.24, 2.45) is 4.99 Å². The average molecular weight is 542 g/mol. The number of nitrogens with zero attached hydrogens (tertiary/aromatic N) is 2. The van der Waals surface area contributed by atoms with Gasteiger partial charge in [0.05, 0.1) is 13.2 Å². The number of benzene rings is 1. The second-order valence-electron chi connectivity index (χ2n) is 6.03. The van der Waals surface area contributed by atoms with Crippen LogP contribution in [-0.2, 0) is 23.9 Å². The molecule has 2 aromatic rings. The van der Waals surface area contributed by atoms with Gasteiger partial charge in [0.1, 0.15) is 5.01 Å². The maximum absolute atomic E-state index is 12.5. The SMILES string of the molecule is CN=C(NCCCCOCCc1ccccc1)NCc1nc(C(F)(F)F)cs1.I. The molecule has 0 radical (unpaired) electrons. The molecule has 0 spiro atoms. The van der Waals surface area contributed by atoms with Gasteiger partial charge in [-0.2, -0.15) is 13.2 Å². The Morgan fingerprint density at radius 3 is 2.55 bits per heavy atom. The second kappa shape index (κ2) is 13.8. The summed E-state index contributed by atoms with van der Waals surface area (Å²) < 4.78 is 43.3. The van der Waals surface area contributed by atoms with E-state index in [9.17, 15) is 13.2 Å². The number of halogens is 4. The second-order valence-corrected chi connectivity index (χ2v) is 6.97. The Morgan fingerprint density at radius 1 is 1.14 bits per heavy atom. The van der Waals surface area contributed by atoms with Crippen LogP contribution >= 0.6 is 35.3 Å².